The van der Waals surface area contributed by atoms with E-state index in [0.717, 1.165) is 0 Å². The van der Waals surface area contributed by atoms with Crippen molar-refractivity contribution in [1.29, 1.82) is 0 Å². The molecule has 6 heteroatoms. The number of esters is 1. The third-order valence-corrected chi connectivity index (χ3v) is 2.45. The number of nitrogens with one attached hydrogen (secondary N) is 1. The molecule has 0 radical (unpaired) electrons. The van der Waals surface area contributed by atoms with E-state index < -0.39 is 17.9 Å². The van der Waals surface area contributed by atoms with Gasteiger partial charge in [0.05, 0.1) is 12.0 Å². The Balaban J connectivity index is 2.61. The Morgan fingerprint density at radius 2 is 2.11 bits per heavy atom. The lowest BCUT2D eigenvalue weighted by molar-refractivity contribution is -0.144. The smallest absolute Gasteiger partial charge is 0.328 e. The first-order chi connectivity index (χ1) is 8.45. The van der Waals surface area contributed by atoms with Crippen molar-refractivity contribution in [3.8, 4) is 0 Å². The average Bonchev–Trinajstić information content (AvgIpc) is 2.78. The van der Waals surface area contributed by atoms with Crippen molar-refractivity contribution in [1.82, 2.24) is 5.32 Å². The zero-order valence-corrected chi connectivity index (χ0v) is 11.3. The molecule has 2 atom stereocenters. The molecule has 2 unspecified atom stereocenters. The van der Waals surface area contributed by atoms with Crippen LogP contribution in [0.1, 0.15) is 42.5 Å². The van der Waals surface area contributed by atoms with Gasteiger partial charge < -0.3 is 14.5 Å². The van der Waals surface area contributed by atoms with Gasteiger partial charge in [-0.05, 0) is 32.9 Å². The summed E-state index contributed by atoms with van der Waals surface area (Å²) in [7, 11) is 0. The molecule has 0 aliphatic rings. The highest BCUT2D eigenvalue weighted by Crippen LogP contribution is 2.21. The number of alkyl halides is 1. The van der Waals surface area contributed by atoms with Gasteiger partial charge in [-0.2, -0.15) is 0 Å². The van der Waals surface area contributed by atoms with Crippen molar-refractivity contribution in [3.63, 3.8) is 0 Å². The molecule has 0 saturated carbocycles. The zero-order valence-electron chi connectivity index (χ0n) is 10.5. The maximum absolute atomic E-state index is 11.7. The second kappa shape index (κ2) is 6.44. The van der Waals surface area contributed by atoms with Crippen LogP contribution in [0, 0.1) is 0 Å². The Morgan fingerprint density at radius 1 is 1.44 bits per heavy atom. The van der Waals surface area contributed by atoms with Gasteiger partial charge in [-0.1, -0.05) is 0 Å². The number of carbonyl (C=O) groups is 2. The minimum atomic E-state index is -0.723. The first-order valence-electron chi connectivity index (χ1n) is 5.67. The molecule has 1 aromatic rings. The predicted octanol–water partition coefficient (Wildman–Crippen LogP) is 2.26. The molecule has 0 saturated heterocycles. The van der Waals surface area contributed by atoms with Gasteiger partial charge in [0.15, 0.2) is 5.76 Å². The fraction of sp³-hybridized carbons (Fsp3) is 0.500. The molecule has 0 bridgehead atoms. The lowest BCUT2D eigenvalue weighted by Crippen LogP contribution is -2.39. The van der Waals surface area contributed by atoms with Gasteiger partial charge in [-0.15, -0.1) is 11.6 Å². The third-order valence-electron chi connectivity index (χ3n) is 2.23. The van der Waals surface area contributed by atoms with Gasteiger partial charge in [0.1, 0.15) is 11.8 Å². The molecule has 0 aliphatic carbocycles. The summed E-state index contributed by atoms with van der Waals surface area (Å²) in [4.78, 5) is 23.1. The highest BCUT2D eigenvalue weighted by atomic mass is 35.5. The van der Waals surface area contributed by atoms with Crippen LogP contribution in [0.3, 0.4) is 0 Å². The number of furan rings is 1. The van der Waals surface area contributed by atoms with Crippen molar-refractivity contribution in [2.75, 3.05) is 6.61 Å². The fourth-order valence-electron chi connectivity index (χ4n) is 1.28. The molecule has 1 amide bonds. The Labute approximate surface area is 110 Å². The summed E-state index contributed by atoms with van der Waals surface area (Å²) in [6, 6.07) is 2.42. The van der Waals surface area contributed by atoms with Crippen molar-refractivity contribution in [2.45, 2.75) is 32.2 Å². The minimum Gasteiger partial charge on any atom is -0.464 e. The second-order valence-corrected chi connectivity index (χ2v) is 4.42. The van der Waals surface area contributed by atoms with Crippen LogP contribution in [0.15, 0.2) is 16.5 Å². The van der Waals surface area contributed by atoms with Gasteiger partial charge in [0, 0.05) is 0 Å². The number of halogens is 1. The lowest BCUT2D eigenvalue weighted by atomic mass is 10.3. The zero-order chi connectivity index (χ0) is 13.7. The Morgan fingerprint density at radius 3 is 2.61 bits per heavy atom. The molecule has 18 heavy (non-hydrogen) atoms. The topological polar surface area (TPSA) is 68.5 Å². The van der Waals surface area contributed by atoms with Crippen molar-refractivity contribution < 1.29 is 18.7 Å². The maximum Gasteiger partial charge on any atom is 0.328 e. The van der Waals surface area contributed by atoms with Crippen LogP contribution >= 0.6 is 11.6 Å². The summed E-state index contributed by atoms with van der Waals surface area (Å²) in [6.45, 7) is 5.26. The number of amides is 1. The van der Waals surface area contributed by atoms with E-state index in [1.807, 2.05) is 0 Å². The van der Waals surface area contributed by atoms with E-state index >= 15 is 0 Å². The Kier molecular flexibility index (Phi) is 5.22. The highest BCUT2D eigenvalue weighted by Gasteiger charge is 2.20. The number of ether oxygens (including phenoxy) is 1. The Hall–Kier alpha value is -1.49. The van der Waals surface area contributed by atoms with E-state index in [0.29, 0.717) is 5.76 Å². The van der Waals surface area contributed by atoms with E-state index in [-0.39, 0.29) is 17.7 Å². The van der Waals surface area contributed by atoms with Crippen LogP contribution in [0.4, 0.5) is 0 Å². The fourth-order valence-corrected chi connectivity index (χ4v) is 1.40. The first kappa shape index (κ1) is 14.6. The summed E-state index contributed by atoms with van der Waals surface area (Å²) in [5, 5.41) is 2.17. The largest absolute Gasteiger partial charge is 0.464 e. The van der Waals surface area contributed by atoms with Crippen LogP contribution < -0.4 is 5.32 Å². The molecule has 100 valence electrons. The van der Waals surface area contributed by atoms with E-state index in [4.69, 9.17) is 20.8 Å². The molecule has 1 aromatic heterocycles. The molecular formula is C12H16ClNO4. The monoisotopic (exact) mass is 273 g/mol. The molecule has 0 fully saturated rings. The summed E-state index contributed by atoms with van der Waals surface area (Å²) in [5.41, 5.74) is 0. The van der Waals surface area contributed by atoms with Crippen LogP contribution in [0.25, 0.3) is 0 Å². The Bertz CT molecular complexity index is 427. The summed E-state index contributed by atoms with van der Waals surface area (Å²) >= 11 is 5.82. The molecule has 1 rings (SSSR count). The molecule has 0 spiro atoms. The molecule has 1 heterocycles. The van der Waals surface area contributed by atoms with Gasteiger partial charge in [0.25, 0.3) is 5.91 Å². The number of rotatable bonds is 5. The average molecular weight is 274 g/mol. The van der Waals surface area contributed by atoms with Gasteiger partial charge in [0.2, 0.25) is 0 Å². The van der Waals surface area contributed by atoms with Crippen molar-refractivity contribution in [3.05, 3.63) is 23.7 Å². The normalized spacial score (nSPS) is 13.8. The second-order valence-electron chi connectivity index (χ2n) is 3.77. The molecule has 1 N–H and O–H groups in total. The van der Waals surface area contributed by atoms with Gasteiger partial charge >= 0.3 is 5.97 Å². The third kappa shape index (κ3) is 3.77. The van der Waals surface area contributed by atoms with Crippen LogP contribution in [0.2, 0.25) is 0 Å². The van der Waals surface area contributed by atoms with Crippen molar-refractivity contribution >= 4 is 23.5 Å². The van der Waals surface area contributed by atoms with Gasteiger partial charge in [-0.3, -0.25) is 4.79 Å². The van der Waals surface area contributed by atoms with Crippen LogP contribution in [-0.2, 0) is 9.53 Å². The van der Waals surface area contributed by atoms with E-state index in [1.54, 1.807) is 26.8 Å². The SMILES string of the molecule is CCOC(=O)C(C)NC(=O)c1ccc(C(C)Cl)o1. The van der Waals surface area contributed by atoms with Gasteiger partial charge in [-0.25, -0.2) is 4.79 Å². The van der Waals surface area contributed by atoms with E-state index in [9.17, 15) is 9.59 Å². The standard InChI is InChI=1S/C12H16ClNO4/c1-4-17-12(16)8(3)14-11(15)10-6-5-9(18-10)7(2)13/h5-8H,4H2,1-3H3,(H,14,15). The maximum atomic E-state index is 11.7. The highest BCUT2D eigenvalue weighted by molar-refractivity contribution is 6.20. The molecule has 0 aromatic carbocycles. The molecular weight excluding hydrogens is 258 g/mol. The summed E-state index contributed by atoms with van der Waals surface area (Å²) in [6.07, 6.45) is 0. The molecule has 5 nitrogen and oxygen atoms in total. The van der Waals surface area contributed by atoms with E-state index in [2.05, 4.69) is 5.32 Å². The lowest BCUT2D eigenvalue weighted by Gasteiger charge is -2.11. The number of hydrogen-bond acceptors (Lipinski definition) is 4. The number of carbonyl (C=O) groups excluding carboxylic acids is 2. The predicted molar refractivity (Wildman–Crippen MR) is 66.5 cm³/mol. The minimum absolute atomic E-state index is 0.119. The number of hydrogen-bond donors (Lipinski definition) is 1. The quantitative estimate of drug-likeness (QED) is 0.660. The first-order valence-corrected chi connectivity index (χ1v) is 6.10. The van der Waals surface area contributed by atoms with Crippen molar-refractivity contribution in [2.24, 2.45) is 0 Å². The molecule has 0 aliphatic heterocycles. The summed E-state index contributed by atoms with van der Waals surface area (Å²) in [5.74, 6) is -0.332. The van der Waals surface area contributed by atoms with E-state index in [1.165, 1.54) is 6.07 Å². The van der Waals surface area contributed by atoms with Crippen LogP contribution in [0.5, 0.6) is 0 Å². The van der Waals surface area contributed by atoms with Crippen LogP contribution in [-0.4, -0.2) is 24.5 Å². The summed E-state index contributed by atoms with van der Waals surface area (Å²) < 4.78 is 10.0.